The number of hydrogen-bond donors (Lipinski definition) is 1. The Hall–Kier alpha value is -1.64. The van der Waals surface area contributed by atoms with Crippen LogP contribution < -0.4 is 5.48 Å². The van der Waals surface area contributed by atoms with E-state index in [0.717, 1.165) is 13.0 Å². The fourth-order valence-electron chi connectivity index (χ4n) is 2.00. The minimum Gasteiger partial charge on any atom is -0.297 e. The van der Waals surface area contributed by atoms with Crippen LogP contribution in [0.1, 0.15) is 18.1 Å². The van der Waals surface area contributed by atoms with Gasteiger partial charge in [0.25, 0.3) is 0 Å². The van der Waals surface area contributed by atoms with Gasteiger partial charge in [0.15, 0.2) is 0 Å². The minimum atomic E-state index is 0.554. The summed E-state index contributed by atoms with van der Waals surface area (Å²) in [6, 6.07) is 20.7. The van der Waals surface area contributed by atoms with Crippen LogP contribution in [-0.4, -0.2) is 6.54 Å². The van der Waals surface area contributed by atoms with E-state index in [9.17, 15) is 0 Å². The van der Waals surface area contributed by atoms with Gasteiger partial charge in [-0.3, -0.25) is 4.84 Å². The van der Waals surface area contributed by atoms with Crippen molar-refractivity contribution in [3.63, 3.8) is 0 Å². The molecular weight excluding hydrogens is 234 g/mol. The van der Waals surface area contributed by atoms with Gasteiger partial charge in [-0.25, -0.2) is 5.48 Å². The lowest BCUT2D eigenvalue weighted by Gasteiger charge is -2.12. The highest BCUT2D eigenvalue weighted by Gasteiger charge is 2.03. The SMILES string of the molecule is C[C@H](CNOCc1ccccc1)Cc1ccccc1. The van der Waals surface area contributed by atoms with Crippen molar-refractivity contribution in [1.82, 2.24) is 5.48 Å². The summed E-state index contributed by atoms with van der Waals surface area (Å²) in [6.07, 6.45) is 1.07. The van der Waals surface area contributed by atoms with Gasteiger partial charge in [-0.2, -0.15) is 0 Å². The molecule has 0 bridgehead atoms. The summed E-state index contributed by atoms with van der Waals surface area (Å²) >= 11 is 0. The number of rotatable bonds is 7. The van der Waals surface area contributed by atoms with E-state index in [2.05, 4.69) is 54.9 Å². The third-order valence-corrected chi connectivity index (χ3v) is 3.04. The third kappa shape index (κ3) is 5.25. The molecule has 2 aromatic carbocycles. The zero-order chi connectivity index (χ0) is 13.3. The maximum Gasteiger partial charge on any atom is 0.0933 e. The third-order valence-electron chi connectivity index (χ3n) is 3.04. The Bertz CT molecular complexity index is 455. The van der Waals surface area contributed by atoms with Crippen molar-refractivity contribution in [2.75, 3.05) is 6.54 Å². The lowest BCUT2D eigenvalue weighted by Crippen LogP contribution is -2.22. The van der Waals surface area contributed by atoms with Gasteiger partial charge < -0.3 is 0 Å². The van der Waals surface area contributed by atoms with Crippen LogP contribution in [0.2, 0.25) is 0 Å². The Labute approximate surface area is 115 Å². The van der Waals surface area contributed by atoms with Crippen molar-refractivity contribution in [2.45, 2.75) is 20.0 Å². The van der Waals surface area contributed by atoms with E-state index in [1.807, 2.05) is 18.2 Å². The maximum absolute atomic E-state index is 5.48. The minimum absolute atomic E-state index is 0.554. The van der Waals surface area contributed by atoms with E-state index < -0.39 is 0 Å². The van der Waals surface area contributed by atoms with Crippen LogP contribution in [0, 0.1) is 5.92 Å². The second kappa shape index (κ2) is 7.72. The van der Waals surface area contributed by atoms with E-state index in [1.54, 1.807) is 0 Å². The van der Waals surface area contributed by atoms with Gasteiger partial charge in [0.1, 0.15) is 0 Å². The van der Waals surface area contributed by atoms with Gasteiger partial charge >= 0.3 is 0 Å². The van der Waals surface area contributed by atoms with Crippen molar-refractivity contribution >= 4 is 0 Å². The predicted molar refractivity (Wildman–Crippen MR) is 78.5 cm³/mol. The number of benzene rings is 2. The second-order valence-corrected chi connectivity index (χ2v) is 4.92. The highest BCUT2D eigenvalue weighted by Crippen LogP contribution is 2.07. The van der Waals surface area contributed by atoms with Gasteiger partial charge in [0.05, 0.1) is 6.61 Å². The first-order chi connectivity index (χ1) is 9.34. The zero-order valence-corrected chi connectivity index (χ0v) is 11.4. The van der Waals surface area contributed by atoms with Gasteiger partial charge in [0.2, 0.25) is 0 Å². The Morgan fingerprint density at radius 3 is 2.11 bits per heavy atom. The smallest absolute Gasteiger partial charge is 0.0933 e. The molecule has 0 aromatic heterocycles. The summed E-state index contributed by atoms with van der Waals surface area (Å²) in [5.41, 5.74) is 5.61. The highest BCUT2D eigenvalue weighted by atomic mass is 16.6. The first kappa shape index (κ1) is 13.8. The molecule has 0 heterocycles. The molecule has 2 nitrogen and oxygen atoms in total. The Balaban J connectivity index is 1.63. The monoisotopic (exact) mass is 255 g/mol. The Morgan fingerprint density at radius 1 is 0.895 bits per heavy atom. The molecule has 0 saturated carbocycles. The molecule has 0 fully saturated rings. The van der Waals surface area contributed by atoms with Gasteiger partial charge in [-0.15, -0.1) is 0 Å². The molecule has 0 saturated heterocycles. The normalized spacial score (nSPS) is 12.3. The topological polar surface area (TPSA) is 21.3 Å². The molecule has 0 spiro atoms. The summed E-state index contributed by atoms with van der Waals surface area (Å²) in [5.74, 6) is 0.554. The number of hydroxylamine groups is 1. The van der Waals surface area contributed by atoms with Gasteiger partial charge in [-0.05, 0) is 23.5 Å². The number of hydrogen-bond acceptors (Lipinski definition) is 2. The van der Waals surface area contributed by atoms with Crippen LogP contribution in [0.4, 0.5) is 0 Å². The molecule has 2 rings (SSSR count). The molecule has 0 aliphatic carbocycles. The summed E-state index contributed by atoms with van der Waals surface area (Å²) < 4.78 is 0. The molecule has 0 aliphatic rings. The van der Waals surface area contributed by atoms with Crippen LogP contribution >= 0.6 is 0 Å². The van der Waals surface area contributed by atoms with Crippen LogP contribution in [0.25, 0.3) is 0 Å². The largest absolute Gasteiger partial charge is 0.297 e. The molecule has 100 valence electrons. The van der Waals surface area contributed by atoms with E-state index in [4.69, 9.17) is 4.84 Å². The van der Waals surface area contributed by atoms with Gasteiger partial charge in [0, 0.05) is 6.54 Å². The molecule has 0 radical (unpaired) electrons. The number of nitrogens with one attached hydrogen (secondary N) is 1. The molecule has 0 unspecified atom stereocenters. The van der Waals surface area contributed by atoms with Crippen LogP contribution in [0.3, 0.4) is 0 Å². The Kier molecular flexibility index (Phi) is 5.60. The maximum atomic E-state index is 5.48. The van der Waals surface area contributed by atoms with Crippen LogP contribution in [-0.2, 0) is 17.9 Å². The van der Waals surface area contributed by atoms with Crippen LogP contribution in [0.15, 0.2) is 60.7 Å². The van der Waals surface area contributed by atoms with Crippen molar-refractivity contribution in [3.05, 3.63) is 71.8 Å². The average molecular weight is 255 g/mol. The molecule has 0 aliphatic heterocycles. The molecule has 19 heavy (non-hydrogen) atoms. The first-order valence-electron chi connectivity index (χ1n) is 6.77. The average Bonchev–Trinajstić information content (AvgIpc) is 2.46. The van der Waals surface area contributed by atoms with Crippen molar-refractivity contribution in [3.8, 4) is 0 Å². The van der Waals surface area contributed by atoms with Crippen molar-refractivity contribution in [1.29, 1.82) is 0 Å². The standard InChI is InChI=1S/C17H21NO/c1-15(12-16-8-4-2-5-9-16)13-18-19-14-17-10-6-3-7-11-17/h2-11,15,18H,12-14H2,1H3/t15-/m0/s1. The summed E-state index contributed by atoms with van der Waals surface area (Å²) in [4.78, 5) is 5.48. The Morgan fingerprint density at radius 2 is 1.47 bits per heavy atom. The molecule has 2 aromatic rings. The fourth-order valence-corrected chi connectivity index (χ4v) is 2.00. The van der Waals surface area contributed by atoms with Gasteiger partial charge in [-0.1, -0.05) is 67.6 Å². The van der Waals surface area contributed by atoms with E-state index in [-0.39, 0.29) is 0 Å². The summed E-state index contributed by atoms with van der Waals surface area (Å²) in [5, 5.41) is 0. The zero-order valence-electron chi connectivity index (χ0n) is 11.4. The predicted octanol–water partition coefficient (Wildman–Crippen LogP) is 3.59. The molecular formula is C17H21NO. The molecule has 1 atom stereocenters. The molecule has 0 amide bonds. The summed E-state index contributed by atoms with van der Waals surface area (Å²) in [6.45, 7) is 3.70. The molecule has 2 heteroatoms. The molecule has 1 N–H and O–H groups in total. The highest BCUT2D eigenvalue weighted by molar-refractivity contribution is 5.15. The lowest BCUT2D eigenvalue weighted by atomic mass is 10.0. The van der Waals surface area contributed by atoms with Crippen molar-refractivity contribution < 1.29 is 4.84 Å². The second-order valence-electron chi connectivity index (χ2n) is 4.92. The summed E-state index contributed by atoms with van der Waals surface area (Å²) in [7, 11) is 0. The van der Waals surface area contributed by atoms with Crippen molar-refractivity contribution in [2.24, 2.45) is 5.92 Å². The van der Waals surface area contributed by atoms with E-state index in [0.29, 0.717) is 12.5 Å². The lowest BCUT2D eigenvalue weighted by molar-refractivity contribution is 0.0209. The van der Waals surface area contributed by atoms with E-state index in [1.165, 1.54) is 11.1 Å². The fraction of sp³-hybridized carbons (Fsp3) is 0.294. The van der Waals surface area contributed by atoms with Crippen LogP contribution in [0.5, 0.6) is 0 Å². The first-order valence-corrected chi connectivity index (χ1v) is 6.77. The van der Waals surface area contributed by atoms with E-state index >= 15 is 0 Å². The quantitative estimate of drug-likeness (QED) is 0.603.